The van der Waals surface area contributed by atoms with Gasteiger partial charge in [-0.1, -0.05) is 6.07 Å². The van der Waals surface area contributed by atoms with Crippen molar-refractivity contribution in [1.82, 2.24) is 0 Å². The largest absolute Gasteiger partial charge is 0.467 e. The second-order valence-corrected chi connectivity index (χ2v) is 3.18. The molecule has 0 aliphatic carbocycles. The predicted octanol–water partition coefficient (Wildman–Crippen LogP) is 1.44. The van der Waals surface area contributed by atoms with Gasteiger partial charge in [-0.2, -0.15) is 0 Å². The summed E-state index contributed by atoms with van der Waals surface area (Å²) in [4.78, 5) is 11.7. The minimum Gasteiger partial charge on any atom is -0.467 e. The van der Waals surface area contributed by atoms with Crippen LogP contribution in [0.1, 0.15) is 4.88 Å². The van der Waals surface area contributed by atoms with Crippen molar-refractivity contribution in [1.29, 1.82) is 0 Å². The topological polar surface area (TPSA) is 35.5 Å². The lowest BCUT2D eigenvalue weighted by atomic mass is 10.5. The zero-order chi connectivity index (χ0) is 8.81. The molecule has 0 aliphatic heterocycles. The Kier molecular flexibility index (Phi) is 3.76. The molecule has 1 heterocycles. The van der Waals surface area contributed by atoms with E-state index in [9.17, 15) is 4.79 Å². The van der Waals surface area contributed by atoms with Gasteiger partial charge in [0.1, 0.15) is 6.61 Å². The molecule has 0 bridgehead atoms. The molecule has 0 aromatic carbocycles. The molecule has 0 aliphatic rings. The van der Waals surface area contributed by atoms with Crippen LogP contribution in [0.15, 0.2) is 17.5 Å². The summed E-state index contributed by atoms with van der Waals surface area (Å²) in [6, 6.07) is 3.91. The van der Waals surface area contributed by atoms with Gasteiger partial charge in [-0.15, -0.1) is 11.3 Å². The van der Waals surface area contributed by atoms with Crippen LogP contribution < -0.4 is 0 Å². The van der Waals surface area contributed by atoms with Gasteiger partial charge in [-0.25, -0.2) is 4.79 Å². The van der Waals surface area contributed by atoms with Crippen molar-refractivity contribution in [2.45, 2.75) is 6.61 Å². The van der Waals surface area contributed by atoms with Crippen LogP contribution in [-0.2, 0) is 20.9 Å². The lowest BCUT2D eigenvalue weighted by Crippen LogP contribution is -2.09. The summed E-state index contributed by atoms with van der Waals surface area (Å²) in [6.45, 7) is 0.501. The van der Waals surface area contributed by atoms with Gasteiger partial charge >= 0.3 is 5.97 Å². The number of carbonyl (C=O) groups excluding carboxylic acids is 1. The Morgan fingerprint density at radius 3 is 3.08 bits per heavy atom. The quantitative estimate of drug-likeness (QED) is 0.667. The maximum Gasteiger partial charge on any atom is 0.331 e. The van der Waals surface area contributed by atoms with E-state index in [1.165, 1.54) is 7.11 Å². The summed E-state index contributed by atoms with van der Waals surface area (Å²) < 4.78 is 9.48. The Labute approximate surface area is 74.9 Å². The first-order chi connectivity index (χ1) is 5.83. The van der Waals surface area contributed by atoms with Crippen molar-refractivity contribution < 1.29 is 14.3 Å². The third-order valence-electron chi connectivity index (χ3n) is 1.27. The number of hydrogen-bond acceptors (Lipinski definition) is 4. The first-order valence-electron chi connectivity index (χ1n) is 3.50. The van der Waals surface area contributed by atoms with Crippen molar-refractivity contribution in [3.8, 4) is 0 Å². The highest BCUT2D eigenvalue weighted by Crippen LogP contribution is 2.09. The van der Waals surface area contributed by atoms with Crippen LogP contribution in [0, 0.1) is 0 Å². The van der Waals surface area contributed by atoms with Crippen molar-refractivity contribution in [3.05, 3.63) is 22.4 Å². The molecule has 0 radical (unpaired) electrons. The van der Waals surface area contributed by atoms with Gasteiger partial charge < -0.3 is 9.47 Å². The van der Waals surface area contributed by atoms with Gasteiger partial charge in [-0.3, -0.25) is 0 Å². The Bertz CT molecular complexity index is 230. The van der Waals surface area contributed by atoms with Gasteiger partial charge in [0, 0.05) is 4.88 Å². The van der Waals surface area contributed by atoms with Crippen molar-refractivity contribution in [3.63, 3.8) is 0 Å². The molecule has 0 amide bonds. The normalized spacial score (nSPS) is 9.75. The number of rotatable bonds is 4. The van der Waals surface area contributed by atoms with Gasteiger partial charge in [0.2, 0.25) is 0 Å². The summed E-state index contributed by atoms with van der Waals surface area (Å²) in [5.74, 6) is -0.341. The van der Waals surface area contributed by atoms with E-state index in [1.54, 1.807) is 11.3 Å². The first kappa shape index (κ1) is 9.22. The van der Waals surface area contributed by atoms with E-state index in [0.29, 0.717) is 6.61 Å². The SMILES string of the molecule is COC(=O)COCc1cccs1. The Morgan fingerprint density at radius 1 is 1.67 bits per heavy atom. The molecule has 0 spiro atoms. The molecular weight excluding hydrogens is 176 g/mol. The van der Waals surface area contributed by atoms with E-state index >= 15 is 0 Å². The van der Waals surface area contributed by atoms with E-state index in [2.05, 4.69) is 4.74 Å². The van der Waals surface area contributed by atoms with E-state index in [0.717, 1.165) is 4.88 Å². The number of thiophene rings is 1. The second-order valence-electron chi connectivity index (χ2n) is 2.15. The number of carbonyl (C=O) groups is 1. The van der Waals surface area contributed by atoms with Gasteiger partial charge in [0.15, 0.2) is 0 Å². The Morgan fingerprint density at radius 2 is 2.50 bits per heavy atom. The van der Waals surface area contributed by atoms with Crippen LogP contribution in [0.5, 0.6) is 0 Å². The smallest absolute Gasteiger partial charge is 0.331 e. The number of esters is 1. The summed E-state index contributed by atoms with van der Waals surface area (Å²) in [6.07, 6.45) is 0. The fourth-order valence-corrected chi connectivity index (χ4v) is 1.33. The van der Waals surface area contributed by atoms with E-state index < -0.39 is 0 Å². The van der Waals surface area contributed by atoms with Crippen molar-refractivity contribution in [2.75, 3.05) is 13.7 Å². The standard InChI is InChI=1S/C8H10O3S/c1-10-8(9)6-11-5-7-3-2-4-12-7/h2-4H,5-6H2,1H3. The summed E-state index contributed by atoms with van der Waals surface area (Å²) in [5.41, 5.74) is 0. The average Bonchev–Trinajstić information content (AvgIpc) is 2.57. The van der Waals surface area contributed by atoms with E-state index in [-0.39, 0.29) is 12.6 Å². The first-order valence-corrected chi connectivity index (χ1v) is 4.38. The molecule has 1 aromatic rings. The van der Waals surface area contributed by atoms with Gasteiger partial charge in [-0.05, 0) is 11.4 Å². The highest BCUT2D eigenvalue weighted by atomic mass is 32.1. The summed E-state index contributed by atoms with van der Waals surface area (Å²) >= 11 is 1.61. The number of hydrogen-bond donors (Lipinski definition) is 0. The van der Waals surface area contributed by atoms with Gasteiger partial charge in [0.05, 0.1) is 13.7 Å². The summed E-state index contributed by atoms with van der Waals surface area (Å²) in [5, 5.41) is 1.97. The number of ether oxygens (including phenoxy) is 2. The lowest BCUT2D eigenvalue weighted by Gasteiger charge is -1.99. The third kappa shape index (κ3) is 3.02. The Hall–Kier alpha value is -0.870. The molecule has 1 rings (SSSR count). The third-order valence-corrected chi connectivity index (χ3v) is 2.12. The molecule has 0 saturated carbocycles. The van der Waals surface area contributed by atoms with Gasteiger partial charge in [0.25, 0.3) is 0 Å². The molecule has 1 aromatic heterocycles. The molecule has 66 valence electrons. The maximum absolute atomic E-state index is 10.6. The molecule has 0 saturated heterocycles. The van der Waals surface area contributed by atoms with Crippen LogP contribution in [0.3, 0.4) is 0 Å². The molecule has 0 fully saturated rings. The molecule has 0 N–H and O–H groups in total. The minimum absolute atomic E-state index is 0.0222. The van der Waals surface area contributed by atoms with E-state index in [4.69, 9.17) is 4.74 Å². The zero-order valence-electron chi connectivity index (χ0n) is 6.78. The van der Waals surface area contributed by atoms with Crippen molar-refractivity contribution in [2.24, 2.45) is 0 Å². The maximum atomic E-state index is 10.6. The van der Waals surface area contributed by atoms with Crippen molar-refractivity contribution >= 4 is 17.3 Å². The lowest BCUT2D eigenvalue weighted by molar-refractivity contribution is -0.146. The zero-order valence-corrected chi connectivity index (χ0v) is 7.60. The summed E-state index contributed by atoms with van der Waals surface area (Å²) in [7, 11) is 1.34. The fourth-order valence-electron chi connectivity index (χ4n) is 0.689. The van der Waals surface area contributed by atoms with Crippen LogP contribution in [0.25, 0.3) is 0 Å². The second kappa shape index (κ2) is 4.90. The predicted molar refractivity (Wildman–Crippen MR) is 46.0 cm³/mol. The molecule has 0 unspecified atom stereocenters. The average molecular weight is 186 g/mol. The van der Waals surface area contributed by atoms with Crippen LogP contribution in [0.4, 0.5) is 0 Å². The highest BCUT2D eigenvalue weighted by molar-refractivity contribution is 7.09. The monoisotopic (exact) mass is 186 g/mol. The highest BCUT2D eigenvalue weighted by Gasteiger charge is 1.99. The fraction of sp³-hybridized carbons (Fsp3) is 0.375. The Balaban J connectivity index is 2.15. The molecule has 12 heavy (non-hydrogen) atoms. The van der Waals surface area contributed by atoms with E-state index in [1.807, 2.05) is 17.5 Å². The van der Waals surface area contributed by atoms with Crippen LogP contribution >= 0.6 is 11.3 Å². The van der Waals surface area contributed by atoms with Crippen LogP contribution in [-0.4, -0.2) is 19.7 Å². The number of methoxy groups -OCH3 is 1. The van der Waals surface area contributed by atoms with Crippen LogP contribution in [0.2, 0.25) is 0 Å². The molecule has 3 nitrogen and oxygen atoms in total. The molecular formula is C8H10O3S. The molecule has 0 atom stereocenters. The molecule has 4 heteroatoms. The minimum atomic E-state index is -0.341.